The summed E-state index contributed by atoms with van der Waals surface area (Å²) in [5.74, 6) is 0.632. The van der Waals surface area contributed by atoms with Gasteiger partial charge in [0.1, 0.15) is 5.60 Å². The molecule has 0 aromatic heterocycles. The van der Waals surface area contributed by atoms with E-state index in [9.17, 15) is 4.79 Å². The van der Waals surface area contributed by atoms with Crippen LogP contribution in [0.3, 0.4) is 0 Å². The molecule has 0 unspecified atom stereocenters. The molecule has 0 N–H and O–H groups in total. The maximum Gasteiger partial charge on any atom is 0.410 e. The van der Waals surface area contributed by atoms with Crippen LogP contribution < -0.4 is 0 Å². The van der Waals surface area contributed by atoms with E-state index in [4.69, 9.17) is 9.47 Å². The van der Waals surface area contributed by atoms with Crippen molar-refractivity contribution in [2.24, 2.45) is 5.92 Å². The Morgan fingerprint density at radius 2 is 2.06 bits per heavy atom. The van der Waals surface area contributed by atoms with Gasteiger partial charge in [-0.15, -0.1) is 0 Å². The molecular weight excluding hydrogens is 206 g/mol. The van der Waals surface area contributed by atoms with Crippen molar-refractivity contribution in [3.8, 4) is 0 Å². The molecule has 1 amide bonds. The fraction of sp³-hybridized carbons (Fsp3) is 0.917. The van der Waals surface area contributed by atoms with Crippen LogP contribution >= 0.6 is 0 Å². The van der Waals surface area contributed by atoms with Crippen LogP contribution in [0.4, 0.5) is 4.79 Å². The number of rotatable bonds is 1. The van der Waals surface area contributed by atoms with Crippen molar-refractivity contribution in [3.63, 3.8) is 0 Å². The van der Waals surface area contributed by atoms with Crippen LogP contribution in [0.5, 0.6) is 0 Å². The Morgan fingerprint density at radius 3 is 2.62 bits per heavy atom. The highest BCUT2D eigenvalue weighted by molar-refractivity contribution is 5.68. The highest BCUT2D eigenvalue weighted by atomic mass is 16.6. The molecule has 1 saturated heterocycles. The van der Waals surface area contributed by atoms with Crippen LogP contribution in [0.2, 0.25) is 0 Å². The molecule has 2 rings (SSSR count). The second kappa shape index (κ2) is 4.24. The van der Waals surface area contributed by atoms with Gasteiger partial charge in [0.25, 0.3) is 0 Å². The van der Waals surface area contributed by atoms with Crippen molar-refractivity contribution in [1.29, 1.82) is 0 Å². The fourth-order valence-corrected chi connectivity index (χ4v) is 2.04. The first kappa shape index (κ1) is 11.7. The lowest BCUT2D eigenvalue weighted by atomic mass is 10.1. The van der Waals surface area contributed by atoms with E-state index in [-0.39, 0.29) is 12.1 Å². The van der Waals surface area contributed by atoms with Crippen LogP contribution in [0, 0.1) is 5.92 Å². The van der Waals surface area contributed by atoms with Crippen LogP contribution in [-0.2, 0) is 9.47 Å². The lowest BCUT2D eigenvalue weighted by Crippen LogP contribution is -2.51. The van der Waals surface area contributed by atoms with E-state index in [1.54, 1.807) is 0 Å². The van der Waals surface area contributed by atoms with Gasteiger partial charge >= 0.3 is 6.09 Å². The molecule has 16 heavy (non-hydrogen) atoms. The summed E-state index contributed by atoms with van der Waals surface area (Å²) in [4.78, 5) is 13.9. The first-order valence-electron chi connectivity index (χ1n) is 6.05. The molecule has 2 aliphatic rings. The zero-order valence-electron chi connectivity index (χ0n) is 10.4. The summed E-state index contributed by atoms with van der Waals surface area (Å²) >= 11 is 0. The minimum absolute atomic E-state index is 0.187. The minimum atomic E-state index is -0.413. The Labute approximate surface area is 96.9 Å². The normalized spacial score (nSPS) is 26.7. The summed E-state index contributed by atoms with van der Waals surface area (Å²) in [5, 5.41) is 0. The summed E-state index contributed by atoms with van der Waals surface area (Å²) in [7, 11) is 0. The molecule has 4 heteroatoms. The zero-order valence-corrected chi connectivity index (χ0v) is 10.4. The van der Waals surface area contributed by atoms with Crippen LogP contribution in [0.15, 0.2) is 0 Å². The Kier molecular flexibility index (Phi) is 3.10. The third-order valence-corrected chi connectivity index (χ3v) is 2.96. The third kappa shape index (κ3) is 2.88. The second-order valence-corrected chi connectivity index (χ2v) is 5.65. The number of carbonyl (C=O) groups excluding carboxylic acids is 1. The number of hydrogen-bond acceptors (Lipinski definition) is 3. The molecule has 92 valence electrons. The van der Waals surface area contributed by atoms with E-state index in [2.05, 4.69) is 0 Å². The molecule has 2 fully saturated rings. The number of carbonyl (C=O) groups is 1. The van der Waals surface area contributed by atoms with E-state index < -0.39 is 5.60 Å². The highest BCUT2D eigenvalue weighted by Gasteiger charge is 2.40. The largest absolute Gasteiger partial charge is 0.444 e. The van der Waals surface area contributed by atoms with Gasteiger partial charge in [0, 0.05) is 6.54 Å². The molecule has 0 radical (unpaired) electrons. The van der Waals surface area contributed by atoms with Crippen molar-refractivity contribution in [3.05, 3.63) is 0 Å². The maximum atomic E-state index is 12.0. The van der Waals surface area contributed by atoms with Gasteiger partial charge in [0.15, 0.2) is 0 Å². The molecule has 4 nitrogen and oxygen atoms in total. The predicted molar refractivity (Wildman–Crippen MR) is 60.3 cm³/mol. The van der Waals surface area contributed by atoms with Gasteiger partial charge in [0.05, 0.1) is 19.3 Å². The van der Waals surface area contributed by atoms with Crippen LogP contribution in [-0.4, -0.2) is 42.4 Å². The Bertz CT molecular complexity index is 268. The van der Waals surface area contributed by atoms with Crippen LogP contribution in [0.1, 0.15) is 33.6 Å². The van der Waals surface area contributed by atoms with Crippen molar-refractivity contribution in [2.45, 2.75) is 45.3 Å². The Morgan fingerprint density at radius 1 is 1.38 bits per heavy atom. The summed E-state index contributed by atoms with van der Waals surface area (Å²) in [6, 6.07) is 0.239. The first-order chi connectivity index (χ1) is 7.47. The third-order valence-electron chi connectivity index (χ3n) is 2.96. The van der Waals surface area contributed by atoms with Gasteiger partial charge < -0.3 is 14.4 Å². The zero-order chi connectivity index (χ0) is 11.8. The Hall–Kier alpha value is -0.770. The van der Waals surface area contributed by atoms with E-state index >= 15 is 0 Å². The van der Waals surface area contributed by atoms with Gasteiger partial charge in [-0.3, -0.25) is 0 Å². The monoisotopic (exact) mass is 227 g/mol. The van der Waals surface area contributed by atoms with E-state index in [1.165, 1.54) is 12.8 Å². The van der Waals surface area contributed by atoms with Gasteiger partial charge in [-0.05, 0) is 39.5 Å². The number of nitrogens with zero attached hydrogens (tertiary/aromatic N) is 1. The van der Waals surface area contributed by atoms with E-state index in [1.807, 2.05) is 25.7 Å². The number of ether oxygens (including phenoxy) is 2. The first-order valence-corrected chi connectivity index (χ1v) is 6.05. The van der Waals surface area contributed by atoms with E-state index in [0.29, 0.717) is 25.7 Å². The Balaban J connectivity index is 1.96. The summed E-state index contributed by atoms with van der Waals surface area (Å²) in [5.41, 5.74) is -0.413. The molecule has 1 heterocycles. The van der Waals surface area contributed by atoms with Crippen molar-refractivity contribution >= 4 is 6.09 Å². The summed E-state index contributed by atoms with van der Waals surface area (Å²) < 4.78 is 10.9. The molecule has 1 atom stereocenters. The van der Waals surface area contributed by atoms with Gasteiger partial charge in [0.2, 0.25) is 0 Å². The lowest BCUT2D eigenvalue weighted by Gasteiger charge is -2.36. The van der Waals surface area contributed by atoms with Gasteiger partial charge in [-0.1, -0.05) is 0 Å². The van der Waals surface area contributed by atoms with E-state index in [0.717, 1.165) is 0 Å². The van der Waals surface area contributed by atoms with Gasteiger partial charge in [-0.2, -0.15) is 0 Å². The molecular formula is C12H21NO3. The molecule has 1 saturated carbocycles. The fourth-order valence-electron chi connectivity index (χ4n) is 2.04. The summed E-state index contributed by atoms with van der Waals surface area (Å²) in [6.07, 6.45) is 2.24. The van der Waals surface area contributed by atoms with Gasteiger partial charge in [-0.25, -0.2) is 4.79 Å². The smallest absolute Gasteiger partial charge is 0.410 e. The molecule has 0 bridgehead atoms. The summed E-state index contributed by atoms with van der Waals surface area (Å²) in [6.45, 7) is 7.66. The lowest BCUT2D eigenvalue weighted by molar-refractivity contribution is -0.0373. The molecule has 0 aromatic rings. The molecule has 1 aliphatic carbocycles. The van der Waals surface area contributed by atoms with Crippen molar-refractivity contribution < 1.29 is 14.3 Å². The molecule has 1 aliphatic heterocycles. The quantitative estimate of drug-likeness (QED) is 0.688. The average molecular weight is 227 g/mol. The number of hydrogen-bond donors (Lipinski definition) is 0. The number of amides is 1. The number of morpholine rings is 1. The standard InChI is InChI=1S/C12H21NO3/c1-12(2,3)16-11(14)13-6-7-15-8-10(13)9-4-5-9/h9-10H,4-8H2,1-3H3/t10-/m1/s1. The van der Waals surface area contributed by atoms with Crippen molar-refractivity contribution in [2.75, 3.05) is 19.8 Å². The highest BCUT2D eigenvalue weighted by Crippen LogP contribution is 2.36. The predicted octanol–water partition coefficient (Wildman–Crippen LogP) is 2.03. The minimum Gasteiger partial charge on any atom is -0.444 e. The van der Waals surface area contributed by atoms with Crippen LogP contribution in [0.25, 0.3) is 0 Å². The average Bonchev–Trinajstić information content (AvgIpc) is 2.98. The second-order valence-electron chi connectivity index (χ2n) is 5.65. The maximum absolute atomic E-state index is 12.0. The SMILES string of the molecule is CC(C)(C)OC(=O)N1CCOC[C@@H]1C1CC1. The molecule has 0 aromatic carbocycles. The topological polar surface area (TPSA) is 38.8 Å². The molecule has 0 spiro atoms. The van der Waals surface area contributed by atoms with Crippen molar-refractivity contribution in [1.82, 2.24) is 4.90 Å².